The Morgan fingerprint density at radius 2 is 1.66 bits per heavy atom. The van der Waals surface area contributed by atoms with E-state index in [9.17, 15) is 23.4 Å². The minimum Gasteiger partial charge on any atom is -0.505 e. The van der Waals surface area contributed by atoms with Crippen molar-refractivity contribution < 1.29 is 23.4 Å². The molecule has 8 heteroatoms. The predicted molar refractivity (Wildman–Crippen MR) is 118 cm³/mol. The topological polar surface area (TPSA) is 71.2 Å². The van der Waals surface area contributed by atoms with Crippen LogP contribution in [0.1, 0.15) is 69.6 Å². The Kier molecular flexibility index (Phi) is 7.12. The fourth-order valence-electron chi connectivity index (χ4n) is 3.84. The molecule has 0 bridgehead atoms. The van der Waals surface area contributed by atoms with Gasteiger partial charge in [-0.15, -0.1) is 15.0 Å². The lowest BCUT2D eigenvalue weighted by Gasteiger charge is -2.27. The van der Waals surface area contributed by atoms with Gasteiger partial charge >= 0.3 is 6.18 Å². The molecule has 0 aliphatic rings. The van der Waals surface area contributed by atoms with Crippen molar-refractivity contribution in [2.75, 3.05) is 6.61 Å². The SMILES string of the molecule is CCCCCC(C)(C)c1cc(CCCO)c(O)c(-n2nc3ccc(C(F)(F)F)cc3n2)c1. The van der Waals surface area contributed by atoms with Crippen LogP contribution in [-0.2, 0) is 18.0 Å². The summed E-state index contributed by atoms with van der Waals surface area (Å²) in [7, 11) is 0. The van der Waals surface area contributed by atoms with E-state index in [1.807, 2.05) is 12.1 Å². The normalized spacial score (nSPS) is 12.6. The van der Waals surface area contributed by atoms with E-state index in [4.69, 9.17) is 0 Å². The Labute approximate surface area is 185 Å². The molecule has 0 unspecified atom stereocenters. The van der Waals surface area contributed by atoms with Crippen LogP contribution >= 0.6 is 0 Å². The lowest BCUT2D eigenvalue weighted by Crippen LogP contribution is -2.18. The van der Waals surface area contributed by atoms with E-state index in [2.05, 4.69) is 31.0 Å². The molecule has 0 radical (unpaired) electrons. The number of alkyl halides is 3. The van der Waals surface area contributed by atoms with Gasteiger partial charge in [0, 0.05) is 6.61 Å². The van der Waals surface area contributed by atoms with E-state index in [1.165, 1.54) is 10.9 Å². The van der Waals surface area contributed by atoms with Gasteiger partial charge in [-0.05, 0) is 60.1 Å². The molecular formula is C24H30F3N3O2. The first-order chi connectivity index (χ1) is 15.1. The van der Waals surface area contributed by atoms with E-state index < -0.39 is 11.7 Å². The second-order valence-corrected chi connectivity index (χ2v) is 8.86. The summed E-state index contributed by atoms with van der Waals surface area (Å²) < 4.78 is 39.2. The molecular weight excluding hydrogens is 419 g/mol. The number of halogens is 3. The van der Waals surface area contributed by atoms with Crippen LogP contribution in [0.3, 0.4) is 0 Å². The van der Waals surface area contributed by atoms with E-state index >= 15 is 0 Å². The molecule has 5 nitrogen and oxygen atoms in total. The molecule has 1 aromatic heterocycles. The summed E-state index contributed by atoms with van der Waals surface area (Å²) in [5.41, 5.74) is 1.41. The maximum absolute atomic E-state index is 13.1. The minimum atomic E-state index is -4.47. The molecule has 32 heavy (non-hydrogen) atoms. The smallest absolute Gasteiger partial charge is 0.416 e. The van der Waals surface area contributed by atoms with E-state index in [-0.39, 0.29) is 23.3 Å². The van der Waals surface area contributed by atoms with Crippen molar-refractivity contribution in [3.05, 3.63) is 47.0 Å². The molecule has 0 amide bonds. The molecule has 0 fully saturated rings. The number of hydrogen-bond acceptors (Lipinski definition) is 4. The van der Waals surface area contributed by atoms with Crippen molar-refractivity contribution in [2.24, 2.45) is 0 Å². The molecule has 2 aromatic carbocycles. The summed E-state index contributed by atoms with van der Waals surface area (Å²) in [6.45, 7) is 6.41. The Balaban J connectivity index is 2.09. The van der Waals surface area contributed by atoms with Crippen molar-refractivity contribution in [3.63, 3.8) is 0 Å². The maximum atomic E-state index is 13.1. The van der Waals surface area contributed by atoms with Crippen LogP contribution in [0.15, 0.2) is 30.3 Å². The summed E-state index contributed by atoms with van der Waals surface area (Å²) in [5.74, 6) is -0.0251. The van der Waals surface area contributed by atoms with Gasteiger partial charge in [-0.3, -0.25) is 0 Å². The van der Waals surface area contributed by atoms with Crippen LogP contribution < -0.4 is 0 Å². The zero-order valence-corrected chi connectivity index (χ0v) is 18.7. The zero-order valence-electron chi connectivity index (χ0n) is 18.7. The van der Waals surface area contributed by atoms with E-state index in [0.717, 1.165) is 43.4 Å². The third-order valence-corrected chi connectivity index (χ3v) is 5.88. The van der Waals surface area contributed by atoms with Crippen LogP contribution in [0.4, 0.5) is 13.2 Å². The second kappa shape index (κ2) is 9.48. The number of hydrogen-bond donors (Lipinski definition) is 2. The van der Waals surface area contributed by atoms with Gasteiger partial charge in [0.2, 0.25) is 0 Å². The number of benzene rings is 2. The predicted octanol–water partition coefficient (Wildman–Crippen LogP) is 5.93. The second-order valence-electron chi connectivity index (χ2n) is 8.86. The first-order valence-corrected chi connectivity index (χ1v) is 11.0. The third-order valence-electron chi connectivity index (χ3n) is 5.88. The number of fused-ring (bicyclic) bond motifs is 1. The van der Waals surface area contributed by atoms with Crippen LogP contribution in [0, 0.1) is 0 Å². The molecule has 0 atom stereocenters. The number of nitrogens with zero attached hydrogens (tertiary/aromatic N) is 3. The highest BCUT2D eigenvalue weighted by atomic mass is 19.4. The summed E-state index contributed by atoms with van der Waals surface area (Å²) >= 11 is 0. The quantitative estimate of drug-likeness (QED) is 0.397. The standard InChI is InChI=1S/C24H30F3N3O2/c1-4-5-6-11-23(2,3)18-13-16(8-7-12-31)22(32)21(15-18)30-28-19-10-9-17(24(25,26)27)14-20(19)29-30/h9-10,13-15,31-32H,4-8,11-12H2,1-3H3. The first-order valence-electron chi connectivity index (χ1n) is 11.0. The number of rotatable bonds is 9. The molecule has 3 aromatic rings. The van der Waals surface area contributed by atoms with Gasteiger partial charge in [-0.25, -0.2) is 0 Å². The van der Waals surface area contributed by atoms with Gasteiger partial charge in [0.05, 0.1) is 5.56 Å². The fourth-order valence-corrected chi connectivity index (χ4v) is 3.84. The molecule has 0 spiro atoms. The molecule has 1 heterocycles. The minimum absolute atomic E-state index is 0.0109. The van der Waals surface area contributed by atoms with Crippen molar-refractivity contribution in [1.82, 2.24) is 15.0 Å². The number of unbranched alkanes of at least 4 members (excludes halogenated alkanes) is 2. The number of phenolic OH excluding ortho intramolecular Hbond substituents is 1. The number of aliphatic hydroxyl groups excluding tert-OH is 1. The monoisotopic (exact) mass is 449 g/mol. The zero-order chi connectivity index (χ0) is 23.5. The number of aryl methyl sites for hydroxylation is 1. The Bertz CT molecular complexity index is 1070. The Morgan fingerprint density at radius 1 is 0.938 bits per heavy atom. The molecule has 174 valence electrons. The number of phenols is 1. The summed E-state index contributed by atoms with van der Waals surface area (Å²) in [5, 5.41) is 28.7. The number of aromatic nitrogens is 3. The lowest BCUT2D eigenvalue weighted by atomic mass is 9.79. The lowest BCUT2D eigenvalue weighted by molar-refractivity contribution is -0.137. The molecule has 0 aliphatic carbocycles. The van der Waals surface area contributed by atoms with Gasteiger partial charge in [-0.2, -0.15) is 13.2 Å². The fraction of sp³-hybridized carbons (Fsp3) is 0.500. The molecule has 3 rings (SSSR count). The highest BCUT2D eigenvalue weighted by Crippen LogP contribution is 2.37. The first kappa shape index (κ1) is 24.0. The van der Waals surface area contributed by atoms with Gasteiger partial charge in [-0.1, -0.05) is 46.1 Å². The van der Waals surface area contributed by atoms with Gasteiger partial charge in [0.25, 0.3) is 0 Å². The molecule has 0 saturated heterocycles. The van der Waals surface area contributed by atoms with Crippen molar-refractivity contribution in [3.8, 4) is 11.4 Å². The van der Waals surface area contributed by atoms with E-state index in [0.29, 0.717) is 29.6 Å². The van der Waals surface area contributed by atoms with Crippen molar-refractivity contribution in [1.29, 1.82) is 0 Å². The highest BCUT2D eigenvalue weighted by molar-refractivity contribution is 5.75. The largest absolute Gasteiger partial charge is 0.505 e. The van der Waals surface area contributed by atoms with Crippen molar-refractivity contribution in [2.45, 2.75) is 70.9 Å². The van der Waals surface area contributed by atoms with Gasteiger partial charge in [0.15, 0.2) is 0 Å². The average molecular weight is 450 g/mol. The van der Waals surface area contributed by atoms with E-state index in [1.54, 1.807) is 0 Å². The van der Waals surface area contributed by atoms with Crippen LogP contribution in [0.5, 0.6) is 5.75 Å². The number of aliphatic hydroxyl groups is 1. The van der Waals surface area contributed by atoms with Gasteiger partial charge < -0.3 is 10.2 Å². The highest BCUT2D eigenvalue weighted by Gasteiger charge is 2.31. The summed E-state index contributed by atoms with van der Waals surface area (Å²) in [4.78, 5) is 1.20. The maximum Gasteiger partial charge on any atom is 0.416 e. The van der Waals surface area contributed by atoms with Gasteiger partial charge in [0.1, 0.15) is 22.5 Å². The summed E-state index contributed by atoms with van der Waals surface area (Å²) in [6, 6.07) is 6.98. The van der Waals surface area contributed by atoms with Crippen molar-refractivity contribution >= 4 is 11.0 Å². The molecule has 2 N–H and O–H groups in total. The van der Waals surface area contributed by atoms with Crippen LogP contribution in [-0.4, -0.2) is 31.8 Å². The Hall–Kier alpha value is -2.61. The Morgan fingerprint density at radius 3 is 2.31 bits per heavy atom. The molecule has 0 aliphatic heterocycles. The average Bonchev–Trinajstić information content (AvgIpc) is 3.15. The number of aromatic hydroxyl groups is 1. The van der Waals surface area contributed by atoms with Crippen LogP contribution in [0.2, 0.25) is 0 Å². The third kappa shape index (κ3) is 5.23. The summed E-state index contributed by atoms with van der Waals surface area (Å²) in [6.07, 6.45) is 0.731. The molecule has 0 saturated carbocycles. The van der Waals surface area contributed by atoms with Crippen LogP contribution in [0.25, 0.3) is 16.7 Å².